The van der Waals surface area contributed by atoms with Crippen molar-refractivity contribution in [1.29, 1.82) is 0 Å². The van der Waals surface area contributed by atoms with Crippen LogP contribution in [-0.2, 0) is 0 Å². The average molecular weight is 319 g/mol. The van der Waals surface area contributed by atoms with Gasteiger partial charge in [0.25, 0.3) is 0 Å². The molecule has 1 aromatic rings. The molecule has 0 saturated heterocycles. The Hall–Kier alpha value is -0.430. The Morgan fingerprint density at radius 1 is 1.47 bits per heavy atom. The molecule has 1 heterocycles. The van der Waals surface area contributed by atoms with Crippen LogP contribution in [0.1, 0.15) is 25.7 Å². The molecule has 0 amide bonds. The molecule has 2 unspecified atom stereocenters. The van der Waals surface area contributed by atoms with Gasteiger partial charge in [0.15, 0.2) is 0 Å². The van der Waals surface area contributed by atoms with Gasteiger partial charge in [0.1, 0.15) is 12.1 Å². The second kappa shape index (κ2) is 5.07. The first kappa shape index (κ1) is 11.1. The van der Waals surface area contributed by atoms with Crippen molar-refractivity contribution in [2.75, 3.05) is 5.32 Å². The summed E-state index contributed by atoms with van der Waals surface area (Å²) in [5.41, 5.74) is 0. The van der Waals surface area contributed by atoms with Crippen molar-refractivity contribution in [3.63, 3.8) is 0 Å². The standard InChI is InChI=1S/C10H14IN3O/c11-9-5-12-6-13-10(9)14-7-2-1-3-8(15)4-7/h5-8,15H,1-4H2,(H,12,13,14). The maximum Gasteiger partial charge on any atom is 0.143 e. The van der Waals surface area contributed by atoms with Crippen LogP contribution in [0.3, 0.4) is 0 Å². The molecule has 0 aliphatic heterocycles. The monoisotopic (exact) mass is 319 g/mol. The van der Waals surface area contributed by atoms with Crippen LogP contribution in [0, 0.1) is 3.57 Å². The molecule has 0 aromatic carbocycles. The summed E-state index contributed by atoms with van der Waals surface area (Å²) in [4.78, 5) is 8.13. The van der Waals surface area contributed by atoms with Crippen LogP contribution in [0.4, 0.5) is 5.82 Å². The van der Waals surface area contributed by atoms with Gasteiger partial charge in [-0.05, 0) is 48.3 Å². The van der Waals surface area contributed by atoms with Gasteiger partial charge in [-0.25, -0.2) is 9.97 Å². The highest BCUT2D eigenvalue weighted by atomic mass is 127. The van der Waals surface area contributed by atoms with Crippen LogP contribution in [0.25, 0.3) is 0 Å². The third-order valence-electron chi connectivity index (χ3n) is 2.65. The number of anilines is 1. The average Bonchev–Trinajstić information content (AvgIpc) is 2.22. The Morgan fingerprint density at radius 2 is 2.33 bits per heavy atom. The van der Waals surface area contributed by atoms with Crippen molar-refractivity contribution in [3.05, 3.63) is 16.1 Å². The zero-order chi connectivity index (χ0) is 10.7. The molecule has 2 atom stereocenters. The highest BCUT2D eigenvalue weighted by molar-refractivity contribution is 14.1. The van der Waals surface area contributed by atoms with Crippen molar-refractivity contribution in [3.8, 4) is 0 Å². The number of nitrogens with one attached hydrogen (secondary N) is 1. The molecule has 1 saturated carbocycles. The summed E-state index contributed by atoms with van der Waals surface area (Å²) in [5, 5.41) is 12.9. The van der Waals surface area contributed by atoms with Crippen molar-refractivity contribution >= 4 is 28.4 Å². The number of aliphatic hydroxyl groups excluding tert-OH is 1. The van der Waals surface area contributed by atoms with E-state index in [1.165, 1.54) is 0 Å². The van der Waals surface area contributed by atoms with E-state index in [9.17, 15) is 5.11 Å². The largest absolute Gasteiger partial charge is 0.393 e. The van der Waals surface area contributed by atoms with Crippen LogP contribution >= 0.6 is 22.6 Å². The predicted molar refractivity (Wildman–Crippen MR) is 66.6 cm³/mol. The summed E-state index contributed by atoms with van der Waals surface area (Å²) in [7, 11) is 0. The molecule has 1 aromatic heterocycles. The number of hydrogen-bond donors (Lipinski definition) is 2. The highest BCUT2D eigenvalue weighted by Crippen LogP contribution is 2.23. The Morgan fingerprint density at radius 3 is 3.07 bits per heavy atom. The summed E-state index contributed by atoms with van der Waals surface area (Å²) in [6, 6.07) is 0.345. The lowest BCUT2D eigenvalue weighted by atomic mass is 9.93. The smallest absolute Gasteiger partial charge is 0.143 e. The summed E-state index contributed by atoms with van der Waals surface area (Å²) in [5.74, 6) is 0.879. The maximum absolute atomic E-state index is 9.55. The van der Waals surface area contributed by atoms with E-state index < -0.39 is 0 Å². The molecule has 1 aliphatic carbocycles. The van der Waals surface area contributed by atoms with Gasteiger partial charge in [0.2, 0.25) is 0 Å². The van der Waals surface area contributed by atoms with E-state index in [-0.39, 0.29) is 6.10 Å². The zero-order valence-electron chi connectivity index (χ0n) is 8.36. The molecule has 0 radical (unpaired) electrons. The van der Waals surface area contributed by atoms with Gasteiger partial charge in [0, 0.05) is 12.2 Å². The molecule has 4 nitrogen and oxygen atoms in total. The second-order valence-electron chi connectivity index (χ2n) is 3.88. The van der Waals surface area contributed by atoms with E-state index in [1.54, 1.807) is 12.5 Å². The number of hydrogen-bond acceptors (Lipinski definition) is 4. The molecule has 2 N–H and O–H groups in total. The minimum Gasteiger partial charge on any atom is -0.393 e. The maximum atomic E-state index is 9.55. The van der Waals surface area contributed by atoms with Crippen molar-refractivity contribution in [2.24, 2.45) is 0 Å². The molecule has 82 valence electrons. The van der Waals surface area contributed by atoms with E-state index in [0.29, 0.717) is 6.04 Å². The topological polar surface area (TPSA) is 58.0 Å². The van der Waals surface area contributed by atoms with E-state index in [0.717, 1.165) is 35.1 Å². The van der Waals surface area contributed by atoms with Gasteiger partial charge >= 0.3 is 0 Å². The number of rotatable bonds is 2. The van der Waals surface area contributed by atoms with Crippen molar-refractivity contribution < 1.29 is 5.11 Å². The fourth-order valence-electron chi connectivity index (χ4n) is 1.91. The van der Waals surface area contributed by atoms with Gasteiger partial charge in [-0.3, -0.25) is 0 Å². The van der Waals surface area contributed by atoms with Crippen molar-refractivity contribution in [1.82, 2.24) is 9.97 Å². The lowest BCUT2D eigenvalue weighted by molar-refractivity contribution is 0.124. The van der Waals surface area contributed by atoms with Crippen LogP contribution in [0.15, 0.2) is 12.5 Å². The van der Waals surface area contributed by atoms with Gasteiger partial charge in [0.05, 0.1) is 9.67 Å². The lowest BCUT2D eigenvalue weighted by Gasteiger charge is -2.27. The third kappa shape index (κ3) is 3.01. The minimum absolute atomic E-state index is 0.157. The molecule has 0 spiro atoms. The van der Waals surface area contributed by atoms with Gasteiger partial charge in [-0.2, -0.15) is 0 Å². The Balaban J connectivity index is 1.99. The van der Waals surface area contributed by atoms with E-state index >= 15 is 0 Å². The normalized spacial score (nSPS) is 26.3. The van der Waals surface area contributed by atoms with Gasteiger partial charge < -0.3 is 10.4 Å². The first-order valence-electron chi connectivity index (χ1n) is 5.16. The summed E-state index contributed by atoms with van der Waals surface area (Å²) in [6.07, 6.45) is 7.12. The Kier molecular flexibility index (Phi) is 3.74. The first-order valence-corrected chi connectivity index (χ1v) is 6.23. The molecular formula is C10H14IN3O. The predicted octanol–water partition coefficient (Wildman–Crippen LogP) is 1.80. The fraction of sp³-hybridized carbons (Fsp3) is 0.600. The van der Waals surface area contributed by atoms with E-state index in [1.807, 2.05) is 0 Å². The zero-order valence-corrected chi connectivity index (χ0v) is 10.5. The van der Waals surface area contributed by atoms with E-state index in [4.69, 9.17) is 0 Å². The molecule has 0 bridgehead atoms. The molecule has 2 rings (SSSR count). The van der Waals surface area contributed by atoms with E-state index in [2.05, 4.69) is 37.9 Å². The van der Waals surface area contributed by atoms with Crippen LogP contribution in [-0.4, -0.2) is 27.2 Å². The summed E-state index contributed by atoms with van der Waals surface area (Å²) < 4.78 is 1.02. The van der Waals surface area contributed by atoms with Crippen molar-refractivity contribution in [2.45, 2.75) is 37.8 Å². The number of nitrogens with zero attached hydrogens (tertiary/aromatic N) is 2. The summed E-state index contributed by atoms with van der Waals surface area (Å²) in [6.45, 7) is 0. The number of aliphatic hydroxyl groups is 1. The van der Waals surface area contributed by atoms with Crippen LogP contribution in [0.2, 0.25) is 0 Å². The highest BCUT2D eigenvalue weighted by Gasteiger charge is 2.20. The number of halogens is 1. The number of aromatic nitrogens is 2. The lowest BCUT2D eigenvalue weighted by Crippen LogP contribution is -2.30. The summed E-state index contributed by atoms with van der Waals surface area (Å²) >= 11 is 2.21. The molecular weight excluding hydrogens is 305 g/mol. The molecule has 1 fully saturated rings. The molecule has 5 heteroatoms. The SMILES string of the molecule is OC1CCCC(Nc2ncncc2I)C1. The fourth-order valence-corrected chi connectivity index (χ4v) is 2.36. The molecule has 15 heavy (non-hydrogen) atoms. The molecule has 1 aliphatic rings. The van der Waals surface area contributed by atoms with Gasteiger partial charge in [-0.15, -0.1) is 0 Å². The Labute approximate surface area is 103 Å². The van der Waals surface area contributed by atoms with Crippen LogP contribution in [0.5, 0.6) is 0 Å². The quantitative estimate of drug-likeness (QED) is 0.816. The van der Waals surface area contributed by atoms with Gasteiger partial charge in [-0.1, -0.05) is 0 Å². The Bertz CT molecular complexity index is 334. The van der Waals surface area contributed by atoms with Crippen LogP contribution < -0.4 is 5.32 Å². The third-order valence-corrected chi connectivity index (χ3v) is 3.44. The minimum atomic E-state index is -0.157. The second-order valence-corrected chi connectivity index (χ2v) is 5.04. The first-order chi connectivity index (χ1) is 7.25.